The average molecular weight is 287 g/mol. The molecule has 2 atom stereocenters. The van der Waals surface area contributed by atoms with Crippen molar-refractivity contribution in [1.82, 2.24) is 4.98 Å². The average Bonchev–Trinajstić information content (AvgIpc) is 2.38. The standard InChI is InChI=1S/C15H20F3NO/c1-2-11-5-6-13(19-10-11)9-14(20)7-3-4-12(8-14)15(16,17)18/h5-6,10,12,20H,2-4,7-9H2,1H3. The summed E-state index contributed by atoms with van der Waals surface area (Å²) in [6.45, 7) is 2.01. The quantitative estimate of drug-likeness (QED) is 0.920. The third-order valence-electron chi connectivity index (χ3n) is 4.09. The molecule has 0 saturated heterocycles. The third-order valence-corrected chi connectivity index (χ3v) is 4.09. The van der Waals surface area contributed by atoms with Crippen LogP contribution in [0.25, 0.3) is 0 Å². The van der Waals surface area contributed by atoms with Gasteiger partial charge in [-0.25, -0.2) is 0 Å². The van der Waals surface area contributed by atoms with Gasteiger partial charge in [0.05, 0.1) is 11.5 Å². The number of pyridine rings is 1. The molecule has 1 aromatic rings. The van der Waals surface area contributed by atoms with Gasteiger partial charge in [-0.05, 0) is 43.7 Å². The van der Waals surface area contributed by atoms with Crippen molar-refractivity contribution in [2.45, 2.75) is 57.2 Å². The monoisotopic (exact) mass is 287 g/mol. The van der Waals surface area contributed by atoms with E-state index in [1.54, 1.807) is 12.3 Å². The first-order chi connectivity index (χ1) is 9.32. The Kier molecular flexibility index (Phi) is 4.37. The predicted molar refractivity (Wildman–Crippen MR) is 70.3 cm³/mol. The molecule has 1 saturated carbocycles. The largest absolute Gasteiger partial charge is 0.391 e. The van der Waals surface area contributed by atoms with E-state index in [2.05, 4.69) is 4.98 Å². The maximum Gasteiger partial charge on any atom is 0.391 e. The van der Waals surface area contributed by atoms with E-state index in [0.29, 0.717) is 18.5 Å². The fourth-order valence-electron chi connectivity index (χ4n) is 2.89. The fourth-order valence-corrected chi connectivity index (χ4v) is 2.89. The highest BCUT2D eigenvalue weighted by Gasteiger charge is 2.46. The second-order valence-electron chi connectivity index (χ2n) is 5.75. The molecule has 112 valence electrons. The third kappa shape index (κ3) is 3.72. The minimum absolute atomic E-state index is 0.119. The molecule has 1 heterocycles. The highest BCUT2D eigenvalue weighted by atomic mass is 19.4. The number of rotatable bonds is 3. The van der Waals surface area contributed by atoms with Crippen molar-refractivity contribution in [3.63, 3.8) is 0 Å². The number of aromatic nitrogens is 1. The summed E-state index contributed by atoms with van der Waals surface area (Å²) in [7, 11) is 0. The van der Waals surface area contributed by atoms with E-state index in [1.807, 2.05) is 13.0 Å². The van der Waals surface area contributed by atoms with E-state index in [4.69, 9.17) is 0 Å². The Labute approximate surface area is 117 Å². The molecule has 0 aromatic carbocycles. The van der Waals surface area contributed by atoms with Crippen LogP contribution in [0.4, 0.5) is 13.2 Å². The molecule has 2 rings (SSSR count). The van der Waals surface area contributed by atoms with Gasteiger partial charge in [0.15, 0.2) is 0 Å². The summed E-state index contributed by atoms with van der Waals surface area (Å²) in [5.74, 6) is -1.39. The normalized spacial score (nSPS) is 27.6. The molecule has 1 aliphatic rings. The first kappa shape index (κ1) is 15.3. The van der Waals surface area contributed by atoms with E-state index in [0.717, 1.165) is 12.0 Å². The number of nitrogens with zero attached hydrogens (tertiary/aromatic N) is 1. The highest BCUT2D eigenvalue weighted by Crippen LogP contribution is 2.42. The molecule has 5 heteroatoms. The Bertz CT molecular complexity index is 443. The maximum absolute atomic E-state index is 12.8. The predicted octanol–water partition coefficient (Wildman–Crippen LogP) is 3.67. The van der Waals surface area contributed by atoms with Gasteiger partial charge in [-0.15, -0.1) is 0 Å². The van der Waals surface area contributed by atoms with Gasteiger partial charge in [0.2, 0.25) is 0 Å². The second-order valence-corrected chi connectivity index (χ2v) is 5.75. The Hall–Kier alpha value is -1.10. The molecular formula is C15H20F3NO. The van der Waals surface area contributed by atoms with Crippen LogP contribution >= 0.6 is 0 Å². The molecule has 0 radical (unpaired) electrons. The summed E-state index contributed by atoms with van der Waals surface area (Å²) in [4.78, 5) is 4.23. The lowest BCUT2D eigenvalue weighted by Crippen LogP contribution is -2.42. The van der Waals surface area contributed by atoms with E-state index in [1.165, 1.54) is 0 Å². The van der Waals surface area contributed by atoms with Gasteiger partial charge in [-0.1, -0.05) is 13.0 Å². The zero-order valence-electron chi connectivity index (χ0n) is 11.6. The lowest BCUT2D eigenvalue weighted by molar-refractivity contribution is -0.200. The SMILES string of the molecule is CCc1ccc(CC2(O)CCCC(C(F)(F)F)C2)nc1. The van der Waals surface area contributed by atoms with E-state index >= 15 is 0 Å². The lowest BCUT2D eigenvalue weighted by Gasteiger charge is -2.37. The number of hydrogen-bond acceptors (Lipinski definition) is 2. The first-order valence-electron chi connectivity index (χ1n) is 7.05. The van der Waals surface area contributed by atoms with E-state index < -0.39 is 17.7 Å². The van der Waals surface area contributed by atoms with Gasteiger partial charge < -0.3 is 5.11 Å². The van der Waals surface area contributed by atoms with Crippen LogP contribution < -0.4 is 0 Å². The lowest BCUT2D eigenvalue weighted by atomic mass is 9.75. The van der Waals surface area contributed by atoms with Crippen molar-refractivity contribution in [2.75, 3.05) is 0 Å². The topological polar surface area (TPSA) is 33.1 Å². The maximum atomic E-state index is 12.8. The van der Waals surface area contributed by atoms with Crippen molar-refractivity contribution in [3.8, 4) is 0 Å². The van der Waals surface area contributed by atoms with Crippen molar-refractivity contribution >= 4 is 0 Å². The summed E-state index contributed by atoms with van der Waals surface area (Å²) >= 11 is 0. The second kappa shape index (κ2) is 5.72. The Balaban J connectivity index is 2.06. The molecule has 0 amide bonds. The van der Waals surface area contributed by atoms with Gasteiger partial charge in [0.1, 0.15) is 0 Å². The summed E-state index contributed by atoms with van der Waals surface area (Å²) in [6.07, 6.45) is -0.694. The molecule has 0 bridgehead atoms. The van der Waals surface area contributed by atoms with E-state index in [9.17, 15) is 18.3 Å². The van der Waals surface area contributed by atoms with Crippen LogP contribution in [-0.2, 0) is 12.8 Å². The smallest absolute Gasteiger partial charge is 0.389 e. The molecule has 1 fully saturated rings. The Morgan fingerprint density at radius 3 is 2.70 bits per heavy atom. The van der Waals surface area contributed by atoms with Crippen molar-refractivity contribution < 1.29 is 18.3 Å². The molecule has 0 aliphatic heterocycles. The molecule has 0 spiro atoms. The van der Waals surface area contributed by atoms with Crippen LogP contribution in [0.1, 0.15) is 43.9 Å². The van der Waals surface area contributed by atoms with Crippen molar-refractivity contribution in [1.29, 1.82) is 0 Å². The number of aryl methyl sites for hydroxylation is 1. The molecule has 2 nitrogen and oxygen atoms in total. The summed E-state index contributed by atoms with van der Waals surface area (Å²) in [6, 6.07) is 3.71. The van der Waals surface area contributed by atoms with Gasteiger partial charge in [-0.2, -0.15) is 13.2 Å². The minimum Gasteiger partial charge on any atom is -0.389 e. The van der Waals surface area contributed by atoms with Crippen LogP contribution in [0.3, 0.4) is 0 Å². The molecule has 1 N–H and O–H groups in total. The number of alkyl halides is 3. The Morgan fingerprint density at radius 2 is 2.15 bits per heavy atom. The highest BCUT2D eigenvalue weighted by molar-refractivity contribution is 5.15. The minimum atomic E-state index is -4.21. The fraction of sp³-hybridized carbons (Fsp3) is 0.667. The molecular weight excluding hydrogens is 267 g/mol. The zero-order chi connectivity index (χ0) is 14.8. The van der Waals surface area contributed by atoms with Gasteiger partial charge in [0.25, 0.3) is 0 Å². The van der Waals surface area contributed by atoms with Gasteiger partial charge in [-0.3, -0.25) is 4.98 Å². The van der Waals surface area contributed by atoms with Crippen molar-refractivity contribution in [2.24, 2.45) is 5.92 Å². The Morgan fingerprint density at radius 1 is 1.40 bits per heavy atom. The van der Waals surface area contributed by atoms with Crippen LogP contribution in [0.2, 0.25) is 0 Å². The summed E-state index contributed by atoms with van der Waals surface area (Å²) < 4.78 is 38.4. The zero-order valence-corrected chi connectivity index (χ0v) is 11.6. The van der Waals surface area contributed by atoms with Gasteiger partial charge in [0, 0.05) is 18.3 Å². The summed E-state index contributed by atoms with van der Waals surface area (Å²) in [5.41, 5.74) is 0.462. The number of hydrogen-bond donors (Lipinski definition) is 1. The molecule has 20 heavy (non-hydrogen) atoms. The molecule has 1 aliphatic carbocycles. The van der Waals surface area contributed by atoms with Crippen LogP contribution in [0, 0.1) is 5.92 Å². The van der Waals surface area contributed by atoms with Crippen LogP contribution in [0.5, 0.6) is 0 Å². The van der Waals surface area contributed by atoms with Crippen LogP contribution in [0.15, 0.2) is 18.3 Å². The first-order valence-corrected chi connectivity index (χ1v) is 7.05. The van der Waals surface area contributed by atoms with E-state index in [-0.39, 0.29) is 19.3 Å². The van der Waals surface area contributed by atoms with Gasteiger partial charge >= 0.3 is 6.18 Å². The number of aliphatic hydroxyl groups is 1. The van der Waals surface area contributed by atoms with Crippen molar-refractivity contribution in [3.05, 3.63) is 29.6 Å². The molecule has 1 aromatic heterocycles. The number of halogens is 3. The molecule has 2 unspecified atom stereocenters. The summed E-state index contributed by atoms with van der Waals surface area (Å²) in [5, 5.41) is 10.4. The van der Waals surface area contributed by atoms with Crippen LogP contribution in [-0.4, -0.2) is 21.9 Å².